The van der Waals surface area contributed by atoms with Crippen LogP contribution in [0.15, 0.2) is 24.3 Å². The highest BCUT2D eigenvalue weighted by atomic mass is 16.5. The van der Waals surface area contributed by atoms with Crippen molar-refractivity contribution in [2.75, 3.05) is 6.61 Å². The molecule has 2 N–H and O–H groups in total. The highest BCUT2D eigenvalue weighted by molar-refractivity contribution is 5.81. The number of carboxylic acid groups (broad SMARTS) is 1. The number of hydrogen-bond acceptors (Lipinski definition) is 3. The Morgan fingerprint density at radius 3 is 2.50 bits per heavy atom. The monoisotopic (exact) mass is 194 g/mol. The molecule has 0 amide bonds. The Morgan fingerprint density at radius 2 is 2.07 bits per heavy atom. The van der Waals surface area contributed by atoms with Crippen molar-refractivity contribution in [3.8, 4) is 5.75 Å². The number of para-hydroxylation sites is 1. The molecule has 1 unspecified atom stereocenters. The van der Waals surface area contributed by atoms with Crippen LogP contribution in [-0.4, -0.2) is 22.8 Å². The number of carbonyl (C=O) groups is 1. The Morgan fingerprint density at radius 1 is 1.43 bits per heavy atom. The highest BCUT2D eigenvalue weighted by Crippen LogP contribution is 2.41. The van der Waals surface area contributed by atoms with E-state index >= 15 is 0 Å². The van der Waals surface area contributed by atoms with Gasteiger partial charge >= 0.3 is 5.97 Å². The standard InChI is InChI=1S/C10H10O4/c11-8-4-2-1-3-7(8)10(9(12)13)5-6-14-10/h1-4,11H,5-6H2,(H,12,13). The molecule has 0 saturated carbocycles. The topological polar surface area (TPSA) is 66.8 Å². The summed E-state index contributed by atoms with van der Waals surface area (Å²) in [5.74, 6) is -1.08. The molecule has 0 spiro atoms. The molecule has 1 aromatic rings. The van der Waals surface area contributed by atoms with Crippen LogP contribution in [-0.2, 0) is 15.1 Å². The van der Waals surface area contributed by atoms with Crippen LogP contribution in [0, 0.1) is 0 Å². The minimum Gasteiger partial charge on any atom is -0.508 e. The predicted octanol–water partition coefficient (Wildman–Crippen LogP) is 1.09. The first-order valence-electron chi connectivity index (χ1n) is 4.33. The number of rotatable bonds is 2. The molecule has 1 atom stereocenters. The maximum absolute atomic E-state index is 11.0. The molecule has 1 saturated heterocycles. The summed E-state index contributed by atoms with van der Waals surface area (Å²) >= 11 is 0. The van der Waals surface area contributed by atoms with Crippen LogP contribution in [0.4, 0.5) is 0 Å². The third-order valence-corrected chi connectivity index (χ3v) is 2.49. The van der Waals surface area contributed by atoms with Gasteiger partial charge in [-0.05, 0) is 6.07 Å². The van der Waals surface area contributed by atoms with Crippen molar-refractivity contribution in [1.29, 1.82) is 0 Å². The molecule has 0 aliphatic carbocycles. The van der Waals surface area contributed by atoms with Gasteiger partial charge in [-0.1, -0.05) is 18.2 Å². The van der Waals surface area contributed by atoms with Gasteiger partial charge in [0.05, 0.1) is 6.61 Å². The maximum atomic E-state index is 11.0. The molecule has 4 nitrogen and oxygen atoms in total. The van der Waals surface area contributed by atoms with Crippen molar-refractivity contribution >= 4 is 5.97 Å². The van der Waals surface area contributed by atoms with Crippen molar-refractivity contribution in [2.45, 2.75) is 12.0 Å². The van der Waals surface area contributed by atoms with Gasteiger partial charge in [-0.3, -0.25) is 0 Å². The lowest BCUT2D eigenvalue weighted by Crippen LogP contribution is -2.47. The fourth-order valence-electron chi connectivity index (χ4n) is 1.62. The number of carboxylic acids is 1. The molecular formula is C10H10O4. The number of ether oxygens (including phenoxy) is 1. The van der Waals surface area contributed by atoms with E-state index in [-0.39, 0.29) is 5.75 Å². The second-order valence-electron chi connectivity index (χ2n) is 3.25. The summed E-state index contributed by atoms with van der Waals surface area (Å²) in [6, 6.07) is 6.36. The lowest BCUT2D eigenvalue weighted by atomic mass is 9.86. The first kappa shape index (κ1) is 9.02. The van der Waals surface area contributed by atoms with E-state index in [9.17, 15) is 9.90 Å². The van der Waals surface area contributed by atoms with E-state index in [1.54, 1.807) is 18.2 Å². The Kier molecular flexibility index (Phi) is 1.93. The normalized spacial score (nSPS) is 25.4. The van der Waals surface area contributed by atoms with E-state index in [1.165, 1.54) is 6.07 Å². The largest absolute Gasteiger partial charge is 0.508 e. The van der Waals surface area contributed by atoms with Crippen molar-refractivity contribution in [3.63, 3.8) is 0 Å². The Balaban J connectivity index is 2.47. The number of hydrogen-bond donors (Lipinski definition) is 2. The van der Waals surface area contributed by atoms with E-state index in [0.717, 1.165) is 0 Å². The summed E-state index contributed by atoms with van der Waals surface area (Å²) in [6.07, 6.45) is 0.403. The van der Waals surface area contributed by atoms with Crippen LogP contribution < -0.4 is 0 Å². The lowest BCUT2D eigenvalue weighted by molar-refractivity contribution is -0.198. The van der Waals surface area contributed by atoms with Crippen LogP contribution >= 0.6 is 0 Å². The summed E-state index contributed by atoms with van der Waals surface area (Å²) in [4.78, 5) is 11.0. The van der Waals surface area contributed by atoms with E-state index in [1.807, 2.05) is 0 Å². The van der Waals surface area contributed by atoms with Crippen LogP contribution in [0.1, 0.15) is 12.0 Å². The molecule has 2 rings (SSSR count). The highest BCUT2D eigenvalue weighted by Gasteiger charge is 2.49. The molecular weight excluding hydrogens is 184 g/mol. The molecule has 0 radical (unpaired) electrons. The molecule has 1 heterocycles. The number of phenolic OH excluding ortho intramolecular Hbond substituents is 1. The summed E-state index contributed by atoms with van der Waals surface area (Å²) in [5.41, 5.74) is -0.996. The van der Waals surface area contributed by atoms with Crippen LogP contribution in [0.5, 0.6) is 5.75 Å². The SMILES string of the molecule is O=C(O)C1(c2ccccc2O)CCO1. The van der Waals surface area contributed by atoms with Gasteiger partial charge in [0.25, 0.3) is 0 Å². The molecule has 1 fully saturated rings. The zero-order valence-corrected chi connectivity index (χ0v) is 7.43. The first-order valence-corrected chi connectivity index (χ1v) is 4.33. The fourth-order valence-corrected chi connectivity index (χ4v) is 1.62. The second-order valence-corrected chi connectivity index (χ2v) is 3.25. The molecule has 1 aliphatic rings. The second kappa shape index (κ2) is 2.99. The lowest BCUT2D eigenvalue weighted by Gasteiger charge is -2.38. The quantitative estimate of drug-likeness (QED) is 0.739. The van der Waals surface area contributed by atoms with Gasteiger partial charge in [0.2, 0.25) is 0 Å². The van der Waals surface area contributed by atoms with Gasteiger partial charge in [-0.2, -0.15) is 0 Å². The Hall–Kier alpha value is -1.55. The zero-order valence-electron chi connectivity index (χ0n) is 7.43. The molecule has 1 aliphatic heterocycles. The molecule has 4 heteroatoms. The van der Waals surface area contributed by atoms with Gasteiger partial charge < -0.3 is 14.9 Å². The number of aliphatic carboxylic acids is 1. The predicted molar refractivity (Wildman–Crippen MR) is 48.0 cm³/mol. The molecule has 14 heavy (non-hydrogen) atoms. The van der Waals surface area contributed by atoms with E-state index in [2.05, 4.69) is 0 Å². The van der Waals surface area contributed by atoms with Gasteiger partial charge in [-0.25, -0.2) is 4.79 Å². The van der Waals surface area contributed by atoms with Crippen molar-refractivity contribution in [3.05, 3.63) is 29.8 Å². The average molecular weight is 194 g/mol. The summed E-state index contributed by atoms with van der Waals surface area (Å²) in [6.45, 7) is 0.417. The molecule has 0 bridgehead atoms. The molecule has 0 aromatic heterocycles. The van der Waals surface area contributed by atoms with Gasteiger partial charge in [0, 0.05) is 12.0 Å². The van der Waals surface area contributed by atoms with Gasteiger partial charge in [0.15, 0.2) is 5.60 Å². The van der Waals surface area contributed by atoms with Crippen molar-refractivity contribution in [1.82, 2.24) is 0 Å². The van der Waals surface area contributed by atoms with E-state index in [0.29, 0.717) is 18.6 Å². The number of aromatic hydroxyl groups is 1. The first-order chi connectivity index (χ1) is 6.67. The molecule has 74 valence electrons. The Bertz CT molecular complexity index is 368. The minimum absolute atomic E-state index is 0.0328. The van der Waals surface area contributed by atoms with Crippen molar-refractivity contribution in [2.24, 2.45) is 0 Å². The number of benzene rings is 1. The zero-order chi connectivity index (χ0) is 10.2. The van der Waals surface area contributed by atoms with Crippen LogP contribution in [0.25, 0.3) is 0 Å². The van der Waals surface area contributed by atoms with Gasteiger partial charge in [-0.15, -0.1) is 0 Å². The maximum Gasteiger partial charge on any atom is 0.340 e. The summed E-state index contributed by atoms with van der Waals surface area (Å²) in [7, 11) is 0. The van der Waals surface area contributed by atoms with Crippen molar-refractivity contribution < 1.29 is 19.7 Å². The fraction of sp³-hybridized carbons (Fsp3) is 0.300. The van der Waals surface area contributed by atoms with Crippen LogP contribution in [0.2, 0.25) is 0 Å². The minimum atomic E-state index is -1.33. The molecule has 1 aromatic carbocycles. The van der Waals surface area contributed by atoms with Crippen LogP contribution in [0.3, 0.4) is 0 Å². The summed E-state index contributed by atoms with van der Waals surface area (Å²) in [5, 5.41) is 18.5. The summed E-state index contributed by atoms with van der Waals surface area (Å²) < 4.78 is 5.09. The average Bonchev–Trinajstić information content (AvgIpc) is 2.05. The van der Waals surface area contributed by atoms with E-state index < -0.39 is 11.6 Å². The van der Waals surface area contributed by atoms with E-state index in [4.69, 9.17) is 9.84 Å². The van der Waals surface area contributed by atoms with Gasteiger partial charge in [0.1, 0.15) is 5.75 Å². The third kappa shape index (κ3) is 1.08. The Labute approximate surface area is 80.7 Å². The number of phenols is 1. The third-order valence-electron chi connectivity index (χ3n) is 2.49. The smallest absolute Gasteiger partial charge is 0.340 e.